The van der Waals surface area contributed by atoms with Crippen LogP contribution >= 0.6 is 11.3 Å². The molecule has 0 unspecified atom stereocenters. The van der Waals surface area contributed by atoms with Gasteiger partial charge in [-0.05, 0) is 79.1 Å². The van der Waals surface area contributed by atoms with Gasteiger partial charge in [-0.1, -0.05) is 6.07 Å². The largest absolute Gasteiger partial charge is 0.493 e. The van der Waals surface area contributed by atoms with Gasteiger partial charge >= 0.3 is 0 Å². The summed E-state index contributed by atoms with van der Waals surface area (Å²) in [5.74, 6) is 1.17. The van der Waals surface area contributed by atoms with Gasteiger partial charge in [0.25, 0.3) is 0 Å². The van der Waals surface area contributed by atoms with Crippen molar-refractivity contribution in [2.24, 2.45) is 0 Å². The summed E-state index contributed by atoms with van der Waals surface area (Å²) >= 11 is 1.59. The maximum absolute atomic E-state index is 12.5. The Kier molecular flexibility index (Phi) is 6.68. The number of fused-ring (bicyclic) bond motifs is 2. The van der Waals surface area contributed by atoms with Crippen LogP contribution < -0.4 is 20.1 Å². The van der Waals surface area contributed by atoms with E-state index in [1.807, 2.05) is 60.0 Å². The molecule has 2 N–H and O–H groups in total. The summed E-state index contributed by atoms with van der Waals surface area (Å²) < 4.78 is 10.9. The molecular weight excluding hydrogens is 458 g/mol. The first-order valence-electron chi connectivity index (χ1n) is 11.6. The Bertz CT molecular complexity index is 1400. The minimum Gasteiger partial charge on any atom is -0.493 e. The van der Waals surface area contributed by atoms with E-state index < -0.39 is 0 Å². The number of carbonyl (C=O) groups is 1. The van der Waals surface area contributed by atoms with Gasteiger partial charge in [0, 0.05) is 39.5 Å². The van der Waals surface area contributed by atoms with E-state index in [9.17, 15) is 4.79 Å². The van der Waals surface area contributed by atoms with Crippen LogP contribution in [-0.2, 0) is 17.6 Å². The summed E-state index contributed by atoms with van der Waals surface area (Å²) in [6.07, 6.45) is 7.59. The van der Waals surface area contributed by atoms with Gasteiger partial charge in [-0.2, -0.15) is 0 Å². The second kappa shape index (κ2) is 10.2. The number of methoxy groups -OCH3 is 2. The minimum atomic E-state index is -0.168. The highest BCUT2D eigenvalue weighted by Gasteiger charge is 2.19. The number of ether oxygens (including phenoxy) is 2. The molecule has 1 aliphatic carbocycles. The lowest BCUT2D eigenvalue weighted by Gasteiger charge is -2.22. The molecule has 1 aliphatic rings. The number of anilines is 3. The first kappa shape index (κ1) is 22.9. The highest BCUT2D eigenvalue weighted by molar-refractivity contribution is 7.10. The number of aromatic nitrogens is 1. The van der Waals surface area contributed by atoms with E-state index in [2.05, 4.69) is 10.6 Å². The van der Waals surface area contributed by atoms with Crippen LogP contribution in [0.4, 0.5) is 17.1 Å². The van der Waals surface area contributed by atoms with Crippen LogP contribution in [0.15, 0.2) is 60.0 Å². The molecular formula is C28H27N3O3S. The lowest BCUT2D eigenvalue weighted by Crippen LogP contribution is -2.11. The van der Waals surface area contributed by atoms with Gasteiger partial charge in [0.1, 0.15) is 0 Å². The minimum absolute atomic E-state index is 0.168. The van der Waals surface area contributed by atoms with E-state index >= 15 is 0 Å². The maximum atomic E-state index is 12.5. The number of rotatable bonds is 7. The maximum Gasteiger partial charge on any atom is 0.248 e. The van der Waals surface area contributed by atoms with Crippen molar-refractivity contribution >= 4 is 51.3 Å². The molecule has 0 fully saturated rings. The molecule has 4 aromatic rings. The molecule has 0 saturated carbocycles. The summed E-state index contributed by atoms with van der Waals surface area (Å²) in [5, 5.41) is 9.57. The summed E-state index contributed by atoms with van der Waals surface area (Å²) in [6, 6.07) is 15.6. The van der Waals surface area contributed by atoms with Crippen LogP contribution in [-0.4, -0.2) is 25.1 Å². The molecule has 7 heteroatoms. The van der Waals surface area contributed by atoms with E-state index in [0.29, 0.717) is 11.5 Å². The van der Waals surface area contributed by atoms with Crippen molar-refractivity contribution in [1.29, 1.82) is 0 Å². The van der Waals surface area contributed by atoms with Crippen LogP contribution in [0, 0.1) is 0 Å². The zero-order chi connectivity index (χ0) is 24.2. The zero-order valence-corrected chi connectivity index (χ0v) is 20.6. The summed E-state index contributed by atoms with van der Waals surface area (Å²) in [6.45, 7) is 0. The molecule has 0 saturated heterocycles. The third-order valence-corrected chi connectivity index (χ3v) is 6.96. The molecule has 0 spiro atoms. The van der Waals surface area contributed by atoms with Gasteiger partial charge in [-0.25, -0.2) is 0 Å². The number of hydrogen-bond acceptors (Lipinski definition) is 6. The van der Waals surface area contributed by atoms with Gasteiger partial charge in [-0.15, -0.1) is 11.3 Å². The Morgan fingerprint density at radius 1 is 1.00 bits per heavy atom. The number of pyridine rings is 1. The van der Waals surface area contributed by atoms with Crippen LogP contribution in [0.5, 0.6) is 11.5 Å². The van der Waals surface area contributed by atoms with E-state index in [-0.39, 0.29) is 5.91 Å². The lowest BCUT2D eigenvalue weighted by atomic mass is 9.92. The summed E-state index contributed by atoms with van der Waals surface area (Å²) in [5.41, 5.74) is 5.94. The molecule has 178 valence electrons. The molecule has 0 aliphatic heterocycles. The topological polar surface area (TPSA) is 72.5 Å². The van der Waals surface area contributed by atoms with Gasteiger partial charge in [-0.3, -0.25) is 9.78 Å². The normalized spacial score (nSPS) is 13.0. The Labute approximate surface area is 208 Å². The summed E-state index contributed by atoms with van der Waals surface area (Å²) in [7, 11) is 3.26. The quantitative estimate of drug-likeness (QED) is 0.289. The standard InChI is InChI=1S/C28H27N3O3S/c1-33-25-13-10-19(17-26(25)34-2)30-28-21-7-3-4-8-23(21)31-24-12-9-18(16-22(24)28)29-27(32)14-11-20-6-5-15-35-20/h5-6,9-17H,3-4,7-8H2,1-2H3,(H,29,32)(H,30,31). The molecule has 0 atom stereocenters. The molecule has 1 amide bonds. The number of benzene rings is 2. The predicted octanol–water partition coefficient (Wildman–Crippen LogP) is 6.59. The van der Waals surface area contributed by atoms with Crippen molar-refractivity contribution < 1.29 is 14.3 Å². The Balaban J connectivity index is 1.51. The second-order valence-electron chi connectivity index (χ2n) is 8.38. The zero-order valence-electron chi connectivity index (χ0n) is 19.8. The lowest BCUT2D eigenvalue weighted by molar-refractivity contribution is -0.111. The second-order valence-corrected chi connectivity index (χ2v) is 9.36. The fourth-order valence-corrected chi connectivity index (χ4v) is 5.05. The van der Waals surface area contributed by atoms with E-state index in [1.54, 1.807) is 31.6 Å². The van der Waals surface area contributed by atoms with Crippen molar-refractivity contribution in [3.05, 3.63) is 76.1 Å². The summed E-state index contributed by atoms with van der Waals surface area (Å²) in [4.78, 5) is 18.5. The van der Waals surface area contributed by atoms with Gasteiger partial charge < -0.3 is 20.1 Å². The SMILES string of the molecule is COc1ccc(Nc2c3c(nc4ccc(NC(=O)C=Cc5cccs5)cc24)CCCC3)cc1OC. The third kappa shape index (κ3) is 5.00. The smallest absolute Gasteiger partial charge is 0.248 e. The predicted molar refractivity (Wildman–Crippen MR) is 143 cm³/mol. The number of thiophene rings is 1. The number of nitrogens with zero attached hydrogens (tertiary/aromatic N) is 1. The fraction of sp³-hybridized carbons (Fsp3) is 0.214. The van der Waals surface area contributed by atoms with E-state index in [4.69, 9.17) is 14.5 Å². The fourth-order valence-electron chi connectivity index (χ4n) is 4.43. The third-order valence-electron chi connectivity index (χ3n) is 6.12. The van der Waals surface area contributed by atoms with E-state index in [1.165, 1.54) is 5.56 Å². The first-order valence-corrected chi connectivity index (χ1v) is 12.5. The molecule has 0 bridgehead atoms. The van der Waals surface area contributed by atoms with Crippen molar-refractivity contribution in [3.8, 4) is 11.5 Å². The molecule has 2 aromatic heterocycles. The van der Waals surface area contributed by atoms with Crippen molar-refractivity contribution in [2.45, 2.75) is 25.7 Å². The number of nitrogens with one attached hydrogen (secondary N) is 2. The highest BCUT2D eigenvalue weighted by atomic mass is 32.1. The van der Waals surface area contributed by atoms with Crippen molar-refractivity contribution in [3.63, 3.8) is 0 Å². The average molecular weight is 486 g/mol. The Morgan fingerprint density at radius 2 is 1.83 bits per heavy atom. The molecule has 35 heavy (non-hydrogen) atoms. The first-order chi connectivity index (χ1) is 17.1. The van der Waals surface area contributed by atoms with Gasteiger partial charge in [0.05, 0.1) is 25.4 Å². The molecule has 2 heterocycles. The molecule has 6 nitrogen and oxygen atoms in total. The number of hydrogen-bond donors (Lipinski definition) is 2. The van der Waals surface area contributed by atoms with Crippen LogP contribution in [0.2, 0.25) is 0 Å². The monoisotopic (exact) mass is 485 g/mol. The average Bonchev–Trinajstić information content (AvgIpc) is 3.41. The molecule has 0 radical (unpaired) electrons. The number of amides is 1. The highest BCUT2D eigenvalue weighted by Crippen LogP contribution is 2.38. The van der Waals surface area contributed by atoms with Crippen LogP contribution in [0.1, 0.15) is 29.0 Å². The number of aryl methyl sites for hydroxylation is 1. The van der Waals surface area contributed by atoms with Crippen molar-refractivity contribution in [1.82, 2.24) is 4.98 Å². The van der Waals surface area contributed by atoms with E-state index in [0.717, 1.165) is 64.2 Å². The van der Waals surface area contributed by atoms with Gasteiger partial charge in [0.2, 0.25) is 5.91 Å². The van der Waals surface area contributed by atoms with Gasteiger partial charge in [0.15, 0.2) is 11.5 Å². The molecule has 5 rings (SSSR count). The Hall–Kier alpha value is -3.84. The van der Waals surface area contributed by atoms with Crippen LogP contribution in [0.3, 0.4) is 0 Å². The molecule has 2 aromatic carbocycles. The number of carbonyl (C=O) groups excluding carboxylic acids is 1. The Morgan fingerprint density at radius 3 is 2.63 bits per heavy atom. The van der Waals surface area contributed by atoms with Crippen LogP contribution in [0.25, 0.3) is 17.0 Å². The van der Waals surface area contributed by atoms with Crippen molar-refractivity contribution in [2.75, 3.05) is 24.9 Å².